The maximum absolute atomic E-state index is 3.86. The van der Waals surface area contributed by atoms with Crippen LogP contribution in [0.1, 0.15) is 20.3 Å². The van der Waals surface area contributed by atoms with Gasteiger partial charge in [-0.15, -0.1) is 0 Å². The first-order valence-corrected chi connectivity index (χ1v) is 11.5. The molecule has 144 valence electrons. The normalized spacial score (nSPS) is 16.7. The molecule has 0 saturated carbocycles. The van der Waals surface area contributed by atoms with Gasteiger partial charge in [-0.2, -0.15) is 0 Å². The van der Waals surface area contributed by atoms with E-state index in [1.54, 1.807) is 0 Å². The summed E-state index contributed by atoms with van der Waals surface area (Å²) < 4.78 is 0. The zero-order chi connectivity index (χ0) is 19.8. The Morgan fingerprint density at radius 3 is 2.07 bits per heavy atom. The van der Waals surface area contributed by atoms with E-state index in [4.69, 9.17) is 0 Å². The zero-order valence-corrected chi connectivity index (χ0v) is 17.7. The Balaban J connectivity index is 1.67. The van der Waals surface area contributed by atoms with E-state index in [2.05, 4.69) is 115 Å². The van der Waals surface area contributed by atoms with Gasteiger partial charge in [-0.1, -0.05) is 92.7 Å². The van der Waals surface area contributed by atoms with E-state index in [0.717, 1.165) is 12.1 Å². The first-order chi connectivity index (χ1) is 14.1. The van der Waals surface area contributed by atoms with E-state index in [1.807, 2.05) is 0 Å². The topological polar surface area (TPSA) is 24.1 Å². The lowest BCUT2D eigenvalue weighted by Gasteiger charge is -2.38. The lowest BCUT2D eigenvalue weighted by molar-refractivity contribution is 0.447. The Bertz CT molecular complexity index is 1060. The third-order valence-corrected chi connectivity index (χ3v) is 8.17. The number of nitrogens with one attached hydrogen (secondary N) is 2. The molecule has 1 heterocycles. The average Bonchev–Trinajstić information content (AvgIpc) is 2.74. The molecule has 2 N–H and O–H groups in total. The minimum atomic E-state index is -0.659. The first kappa shape index (κ1) is 18.2. The van der Waals surface area contributed by atoms with Gasteiger partial charge < -0.3 is 10.6 Å². The lowest BCUT2D eigenvalue weighted by Crippen LogP contribution is -2.32. The van der Waals surface area contributed by atoms with Crippen molar-refractivity contribution >= 4 is 35.2 Å². The Kier molecular flexibility index (Phi) is 4.53. The van der Waals surface area contributed by atoms with Crippen molar-refractivity contribution in [3.8, 4) is 0 Å². The highest BCUT2D eigenvalue weighted by atomic mass is 31.1. The summed E-state index contributed by atoms with van der Waals surface area (Å²) in [5.74, 6) is 0. The third-order valence-electron chi connectivity index (χ3n) is 5.69. The molecule has 2 aliphatic rings. The molecule has 0 saturated heterocycles. The van der Waals surface area contributed by atoms with Gasteiger partial charge in [0, 0.05) is 16.4 Å². The highest BCUT2D eigenvalue weighted by molar-refractivity contribution is 7.80. The van der Waals surface area contributed by atoms with E-state index in [0.29, 0.717) is 0 Å². The van der Waals surface area contributed by atoms with Crippen molar-refractivity contribution in [2.45, 2.75) is 20.3 Å². The second kappa shape index (κ2) is 7.21. The SMILES string of the molecule is CC1(C)CC=CC2=C1Nc1c(cccc1P(c1ccccc1)c1ccccc1)N2. The first-order valence-electron chi connectivity index (χ1n) is 10.1. The van der Waals surface area contributed by atoms with Crippen LogP contribution in [0.3, 0.4) is 0 Å². The summed E-state index contributed by atoms with van der Waals surface area (Å²) in [4.78, 5) is 0. The van der Waals surface area contributed by atoms with Gasteiger partial charge in [-0.25, -0.2) is 0 Å². The molecule has 0 aromatic heterocycles. The van der Waals surface area contributed by atoms with Crippen LogP contribution in [0.5, 0.6) is 0 Å². The van der Waals surface area contributed by atoms with Crippen LogP contribution in [0.25, 0.3) is 0 Å². The molecule has 2 nitrogen and oxygen atoms in total. The molecule has 3 aromatic rings. The van der Waals surface area contributed by atoms with E-state index in [9.17, 15) is 0 Å². The van der Waals surface area contributed by atoms with Crippen molar-refractivity contribution in [3.05, 3.63) is 102 Å². The highest BCUT2D eigenvalue weighted by Crippen LogP contribution is 2.45. The number of benzene rings is 3. The second-order valence-electron chi connectivity index (χ2n) is 8.24. The predicted molar refractivity (Wildman–Crippen MR) is 127 cm³/mol. The van der Waals surface area contributed by atoms with Gasteiger partial charge in [-0.05, 0) is 37.1 Å². The summed E-state index contributed by atoms with van der Waals surface area (Å²) in [6.07, 6.45) is 5.52. The largest absolute Gasteiger partial charge is 0.355 e. The van der Waals surface area contributed by atoms with Crippen LogP contribution in [-0.4, -0.2) is 0 Å². The molecule has 0 atom stereocenters. The van der Waals surface area contributed by atoms with Crippen LogP contribution in [-0.2, 0) is 0 Å². The zero-order valence-electron chi connectivity index (χ0n) is 16.8. The van der Waals surface area contributed by atoms with Gasteiger partial charge in [0.1, 0.15) is 0 Å². The fourth-order valence-corrected chi connectivity index (χ4v) is 6.61. The molecule has 29 heavy (non-hydrogen) atoms. The number of fused-ring (bicyclic) bond motifs is 1. The number of anilines is 2. The number of allylic oxidation sites excluding steroid dienone is 3. The fraction of sp³-hybridized carbons (Fsp3) is 0.154. The summed E-state index contributed by atoms with van der Waals surface area (Å²) in [5, 5.41) is 11.6. The monoisotopic (exact) mass is 396 g/mol. The highest BCUT2D eigenvalue weighted by Gasteiger charge is 2.33. The Labute approximate surface area is 174 Å². The predicted octanol–water partition coefficient (Wildman–Crippen LogP) is 5.48. The number of hydrogen-bond acceptors (Lipinski definition) is 2. The van der Waals surface area contributed by atoms with Crippen molar-refractivity contribution in [1.29, 1.82) is 0 Å². The van der Waals surface area contributed by atoms with Crippen molar-refractivity contribution in [2.75, 3.05) is 10.6 Å². The third kappa shape index (κ3) is 3.28. The van der Waals surface area contributed by atoms with Crippen molar-refractivity contribution < 1.29 is 0 Å². The van der Waals surface area contributed by atoms with Gasteiger partial charge >= 0.3 is 0 Å². The van der Waals surface area contributed by atoms with E-state index < -0.39 is 7.92 Å². The van der Waals surface area contributed by atoms with E-state index >= 15 is 0 Å². The molecule has 3 heteroatoms. The second-order valence-corrected chi connectivity index (χ2v) is 10.4. The summed E-state index contributed by atoms with van der Waals surface area (Å²) in [5.41, 5.74) is 4.94. The Morgan fingerprint density at radius 1 is 0.759 bits per heavy atom. The molecule has 1 aliphatic carbocycles. The maximum atomic E-state index is 3.86. The van der Waals surface area contributed by atoms with Crippen LogP contribution < -0.4 is 26.5 Å². The summed E-state index contributed by atoms with van der Waals surface area (Å²) >= 11 is 0. The lowest BCUT2D eigenvalue weighted by atomic mass is 9.80. The van der Waals surface area contributed by atoms with Crippen LogP contribution >= 0.6 is 7.92 Å². The smallest absolute Gasteiger partial charge is 0.0706 e. The average molecular weight is 396 g/mol. The van der Waals surface area contributed by atoms with Crippen LogP contribution in [0.4, 0.5) is 11.4 Å². The molecule has 0 fully saturated rings. The van der Waals surface area contributed by atoms with E-state index in [1.165, 1.54) is 33.0 Å². The molecule has 0 radical (unpaired) electrons. The summed E-state index contributed by atoms with van der Waals surface area (Å²) in [7, 11) is -0.659. The van der Waals surface area contributed by atoms with Crippen LogP contribution in [0, 0.1) is 5.41 Å². The van der Waals surface area contributed by atoms with Gasteiger partial charge in [-0.3, -0.25) is 0 Å². The molecule has 0 amide bonds. The molecule has 1 aliphatic heterocycles. The minimum Gasteiger partial charge on any atom is -0.355 e. The van der Waals surface area contributed by atoms with Gasteiger partial charge in [0.15, 0.2) is 0 Å². The number of rotatable bonds is 3. The van der Waals surface area contributed by atoms with Crippen LogP contribution in [0.15, 0.2) is 102 Å². The Hall–Kier alpha value is -2.83. The summed E-state index contributed by atoms with van der Waals surface area (Å²) in [6, 6.07) is 28.4. The molecule has 3 aromatic carbocycles. The van der Waals surface area contributed by atoms with Gasteiger partial charge in [0.25, 0.3) is 0 Å². The van der Waals surface area contributed by atoms with Crippen LogP contribution in [0.2, 0.25) is 0 Å². The number of hydrogen-bond donors (Lipinski definition) is 2. The fourth-order valence-electron chi connectivity index (χ4n) is 4.18. The Morgan fingerprint density at radius 2 is 1.41 bits per heavy atom. The summed E-state index contributed by atoms with van der Waals surface area (Å²) in [6.45, 7) is 4.62. The molecule has 0 unspecified atom stereocenters. The molecule has 5 rings (SSSR count). The van der Waals surface area contributed by atoms with Gasteiger partial charge in [0.2, 0.25) is 0 Å². The van der Waals surface area contributed by atoms with Gasteiger partial charge in [0.05, 0.1) is 17.1 Å². The molecular formula is C26H25N2P. The van der Waals surface area contributed by atoms with Crippen molar-refractivity contribution in [1.82, 2.24) is 0 Å². The molecule has 0 bridgehead atoms. The minimum absolute atomic E-state index is 0.0874. The van der Waals surface area contributed by atoms with Crippen molar-refractivity contribution in [3.63, 3.8) is 0 Å². The molecule has 0 spiro atoms. The standard InChI is InChI=1S/C26H25N2P/c1-26(2)18-10-16-22-25(26)28-24-21(27-22)15-9-17-23(24)29(19-11-5-3-6-12-19)20-13-7-4-8-14-20/h3-17,27-28H,18H2,1-2H3. The van der Waals surface area contributed by atoms with E-state index in [-0.39, 0.29) is 5.41 Å². The maximum Gasteiger partial charge on any atom is 0.0706 e. The van der Waals surface area contributed by atoms with Crippen molar-refractivity contribution in [2.24, 2.45) is 5.41 Å². The molecular weight excluding hydrogens is 371 g/mol. The quantitative estimate of drug-likeness (QED) is 0.573. The number of para-hydroxylation sites is 1.